The van der Waals surface area contributed by atoms with Crippen LogP contribution in [0.15, 0.2) is 18.5 Å². The van der Waals surface area contributed by atoms with Gasteiger partial charge in [0.05, 0.1) is 24.6 Å². The van der Waals surface area contributed by atoms with Gasteiger partial charge in [-0.25, -0.2) is 14.8 Å². The fourth-order valence-electron chi connectivity index (χ4n) is 1.74. The number of carbonyl (C=O) groups excluding carboxylic acids is 2. The molecule has 0 aliphatic carbocycles. The van der Waals surface area contributed by atoms with Gasteiger partial charge in [-0.15, -0.1) is 22.7 Å². The second-order valence-electron chi connectivity index (χ2n) is 5.06. The van der Waals surface area contributed by atoms with E-state index in [4.69, 9.17) is 14.6 Å². The van der Waals surface area contributed by atoms with Gasteiger partial charge in [0.25, 0.3) is 0 Å². The number of carbonyl (C=O) groups is 2. The number of hydrogen-bond acceptors (Lipinski definition) is 9. The molecule has 0 spiro atoms. The number of thiazole rings is 2. The topological polar surface area (TPSA) is 98.6 Å². The molecule has 0 atom stereocenters. The first kappa shape index (κ1) is 25.9. The van der Waals surface area contributed by atoms with Crippen LogP contribution in [0, 0.1) is 13.8 Å². The molecular weight excluding hydrogens is 400 g/mol. The van der Waals surface area contributed by atoms with Crippen LogP contribution in [0.3, 0.4) is 0 Å². The van der Waals surface area contributed by atoms with E-state index in [1.54, 1.807) is 41.9 Å². The molecule has 2 rings (SSSR count). The average molecular weight is 429 g/mol. The summed E-state index contributed by atoms with van der Waals surface area (Å²) in [5.74, 6) is -0.467. The van der Waals surface area contributed by atoms with E-state index in [1.165, 1.54) is 11.0 Å². The predicted octanol–water partition coefficient (Wildman–Crippen LogP) is 3.58. The molecule has 7 nitrogen and oxygen atoms in total. The molecule has 0 saturated heterocycles. The summed E-state index contributed by atoms with van der Waals surface area (Å²) < 4.78 is 9.53. The summed E-state index contributed by atoms with van der Waals surface area (Å²) in [5.41, 5.74) is 0. The number of rotatable bonds is 7. The van der Waals surface area contributed by atoms with Crippen LogP contribution in [0.25, 0.3) is 6.08 Å². The van der Waals surface area contributed by atoms with E-state index in [9.17, 15) is 9.59 Å². The van der Waals surface area contributed by atoms with Gasteiger partial charge in [0, 0.05) is 41.8 Å². The lowest BCUT2D eigenvalue weighted by Gasteiger charge is -1.98. The molecular formula is C19H28N2O5S2. The first-order valence-electron chi connectivity index (χ1n) is 8.73. The predicted molar refractivity (Wildman–Crippen MR) is 112 cm³/mol. The zero-order valence-corrected chi connectivity index (χ0v) is 18.6. The van der Waals surface area contributed by atoms with E-state index in [1.807, 2.05) is 27.0 Å². The van der Waals surface area contributed by atoms with Crippen molar-refractivity contribution in [2.24, 2.45) is 0 Å². The van der Waals surface area contributed by atoms with E-state index in [0.717, 1.165) is 22.0 Å². The largest absolute Gasteiger partial charge is 0.466 e. The number of nitrogens with zero attached hydrogens (tertiary/aromatic N) is 2. The highest BCUT2D eigenvalue weighted by molar-refractivity contribution is 7.12. The van der Waals surface area contributed by atoms with Gasteiger partial charge in [-0.2, -0.15) is 0 Å². The third-order valence-electron chi connectivity index (χ3n) is 2.81. The number of aryl methyl sites for hydroxylation is 3. The highest BCUT2D eigenvalue weighted by Crippen LogP contribution is 2.13. The van der Waals surface area contributed by atoms with Crippen LogP contribution in [-0.4, -0.2) is 47.3 Å². The van der Waals surface area contributed by atoms with Crippen LogP contribution in [0.1, 0.15) is 40.0 Å². The third-order valence-corrected chi connectivity index (χ3v) is 4.66. The van der Waals surface area contributed by atoms with E-state index in [-0.39, 0.29) is 11.9 Å². The number of hydrogen-bond donors (Lipinski definition) is 1. The summed E-state index contributed by atoms with van der Waals surface area (Å²) in [6, 6.07) is 0. The minimum absolute atomic E-state index is 0.143. The van der Waals surface area contributed by atoms with Crippen molar-refractivity contribution in [2.75, 3.05) is 20.3 Å². The lowest BCUT2D eigenvalue weighted by atomic mass is 10.3. The molecule has 2 aromatic rings. The van der Waals surface area contributed by atoms with Crippen molar-refractivity contribution in [1.82, 2.24) is 9.97 Å². The second kappa shape index (κ2) is 15.9. The summed E-state index contributed by atoms with van der Waals surface area (Å²) >= 11 is 3.17. The van der Waals surface area contributed by atoms with Gasteiger partial charge in [0.2, 0.25) is 0 Å². The molecule has 0 aliphatic rings. The lowest BCUT2D eigenvalue weighted by molar-refractivity contribution is -0.143. The Morgan fingerprint density at radius 2 is 1.64 bits per heavy atom. The van der Waals surface area contributed by atoms with E-state index in [0.29, 0.717) is 26.1 Å². The SMILES string of the molecule is CCOC(=O)/C=C/c1ncc(C)s1.CCOC(=O)CCc1ncc(C)s1.CO. The van der Waals surface area contributed by atoms with E-state index >= 15 is 0 Å². The molecule has 0 fully saturated rings. The summed E-state index contributed by atoms with van der Waals surface area (Å²) in [6.07, 6.45) is 7.77. The van der Waals surface area contributed by atoms with E-state index < -0.39 is 0 Å². The molecule has 2 aromatic heterocycles. The monoisotopic (exact) mass is 428 g/mol. The van der Waals surface area contributed by atoms with Crippen LogP contribution < -0.4 is 0 Å². The van der Waals surface area contributed by atoms with Crippen molar-refractivity contribution in [2.45, 2.75) is 40.5 Å². The van der Waals surface area contributed by atoms with Crippen LogP contribution in [0.5, 0.6) is 0 Å². The number of ether oxygens (including phenoxy) is 2. The second-order valence-corrected chi connectivity index (χ2v) is 7.65. The minimum atomic E-state index is -0.324. The van der Waals surface area contributed by atoms with Crippen molar-refractivity contribution in [3.05, 3.63) is 38.2 Å². The van der Waals surface area contributed by atoms with Gasteiger partial charge >= 0.3 is 11.9 Å². The lowest BCUT2D eigenvalue weighted by Crippen LogP contribution is -2.04. The van der Waals surface area contributed by atoms with Gasteiger partial charge in [0.15, 0.2) is 0 Å². The van der Waals surface area contributed by atoms with Crippen LogP contribution in [0.4, 0.5) is 0 Å². The molecule has 0 bridgehead atoms. The van der Waals surface area contributed by atoms with Crippen molar-refractivity contribution < 1.29 is 24.2 Å². The minimum Gasteiger partial charge on any atom is -0.466 e. The van der Waals surface area contributed by atoms with Crippen molar-refractivity contribution in [3.63, 3.8) is 0 Å². The van der Waals surface area contributed by atoms with E-state index in [2.05, 4.69) is 9.97 Å². The van der Waals surface area contributed by atoms with Crippen LogP contribution in [0.2, 0.25) is 0 Å². The Balaban J connectivity index is 0.000000478. The smallest absolute Gasteiger partial charge is 0.330 e. The standard InChI is InChI=1S/C9H13NO2S.C9H11NO2S.CH4O/c2*1-3-12-9(11)5-4-8-10-6-7(2)13-8;1-2/h6H,3-5H2,1-2H3;4-6H,3H2,1-2H3;2H,1H3/b;5-4+;. The van der Waals surface area contributed by atoms with Crippen LogP contribution >= 0.6 is 22.7 Å². The molecule has 0 amide bonds. The quantitative estimate of drug-likeness (QED) is 0.531. The molecule has 0 unspecified atom stereocenters. The molecule has 0 aromatic carbocycles. The van der Waals surface area contributed by atoms with Gasteiger partial charge in [-0.1, -0.05) is 0 Å². The Labute approximate surface area is 174 Å². The molecule has 0 radical (unpaired) electrons. The van der Waals surface area contributed by atoms with Crippen molar-refractivity contribution in [3.8, 4) is 0 Å². The van der Waals surface area contributed by atoms with Crippen molar-refractivity contribution >= 4 is 40.7 Å². The molecule has 2 heterocycles. The molecule has 156 valence electrons. The first-order valence-corrected chi connectivity index (χ1v) is 10.4. The highest BCUT2D eigenvalue weighted by Gasteiger charge is 2.04. The third kappa shape index (κ3) is 12.3. The Morgan fingerprint density at radius 1 is 1.04 bits per heavy atom. The summed E-state index contributed by atoms with van der Waals surface area (Å²) in [7, 11) is 1.00. The molecule has 28 heavy (non-hydrogen) atoms. The number of aliphatic hydroxyl groups is 1. The maximum atomic E-state index is 11.0. The molecule has 0 aliphatic heterocycles. The number of esters is 2. The molecule has 1 N–H and O–H groups in total. The number of aromatic nitrogens is 2. The number of aliphatic hydroxyl groups excluding tert-OH is 1. The summed E-state index contributed by atoms with van der Waals surface area (Å²) in [5, 5.41) is 8.83. The van der Waals surface area contributed by atoms with Crippen molar-refractivity contribution in [1.29, 1.82) is 0 Å². The van der Waals surface area contributed by atoms with Gasteiger partial charge in [-0.05, 0) is 33.8 Å². The zero-order chi connectivity index (χ0) is 21.4. The first-order chi connectivity index (χ1) is 13.4. The van der Waals surface area contributed by atoms with Gasteiger partial charge in [0.1, 0.15) is 5.01 Å². The summed E-state index contributed by atoms with van der Waals surface area (Å²) in [6.45, 7) is 8.42. The normalized spacial score (nSPS) is 9.79. The fraction of sp³-hybridized carbons (Fsp3) is 0.474. The summed E-state index contributed by atoms with van der Waals surface area (Å²) in [4.78, 5) is 32.4. The Bertz CT molecular complexity index is 725. The van der Waals surface area contributed by atoms with Gasteiger partial charge < -0.3 is 14.6 Å². The Morgan fingerprint density at radius 3 is 2.14 bits per heavy atom. The zero-order valence-electron chi connectivity index (χ0n) is 16.9. The Kier molecular flexibility index (Phi) is 14.7. The fourth-order valence-corrected chi connectivity index (χ4v) is 3.20. The highest BCUT2D eigenvalue weighted by atomic mass is 32.1. The van der Waals surface area contributed by atoms with Crippen LogP contribution in [-0.2, 0) is 25.5 Å². The molecule has 0 saturated carbocycles. The molecule has 9 heteroatoms. The maximum Gasteiger partial charge on any atom is 0.330 e. The Hall–Kier alpha value is -2.10. The van der Waals surface area contributed by atoms with Gasteiger partial charge in [-0.3, -0.25) is 4.79 Å². The maximum absolute atomic E-state index is 11.0. The average Bonchev–Trinajstić information content (AvgIpc) is 3.29.